The molecule has 11 nitrogen and oxygen atoms in total. The second-order valence-electron chi connectivity index (χ2n) is 12.7. The number of piperazine rings is 1. The molecule has 12 heteroatoms. The molecule has 234 valence electrons. The number of nitrogens with zero attached hydrogens (tertiary/aromatic N) is 4. The maximum atomic E-state index is 13.8. The predicted octanol–water partition coefficient (Wildman–Crippen LogP) is 2.31. The third kappa shape index (κ3) is 7.26. The van der Waals surface area contributed by atoms with Crippen LogP contribution in [0.2, 0.25) is 0 Å². The molecule has 3 fully saturated rings. The number of likely N-dealkylation sites (tertiary alicyclic amines) is 1. The number of amides is 2. The Morgan fingerprint density at radius 1 is 1.14 bits per heavy atom. The lowest BCUT2D eigenvalue weighted by molar-refractivity contribution is -0.138. The van der Waals surface area contributed by atoms with Gasteiger partial charge in [0, 0.05) is 63.5 Å². The first-order chi connectivity index (χ1) is 20.6. The normalized spacial score (nSPS) is 23.5. The fourth-order valence-electron chi connectivity index (χ4n) is 6.02. The number of benzene rings is 1. The van der Waals surface area contributed by atoms with Crippen LogP contribution < -0.4 is 10.2 Å². The van der Waals surface area contributed by atoms with Gasteiger partial charge >= 0.3 is 0 Å². The van der Waals surface area contributed by atoms with Crippen molar-refractivity contribution < 1.29 is 28.6 Å². The molecule has 0 saturated carbocycles. The Labute approximate surface area is 257 Å². The minimum atomic E-state index is -0.798. The Hall–Kier alpha value is -2.90. The minimum absolute atomic E-state index is 0.0341. The van der Waals surface area contributed by atoms with E-state index in [0.29, 0.717) is 12.0 Å². The standard InChI is InChI=1S/C31H43N5O6S/c1-31(2,3)16-22(29(39)36-17-25(41-5)27-26(36)24(37)18-42-27)32-28(38)21-8-6-20(7-9-21)23-19-43-30(33-23)35-12-10-34(11-13-35)14-15-40-4/h6-9,19,22,25-27H,10-18H2,1-5H3,(H,32,38)/t22?,25-,26+,27+/m0/s1. The lowest BCUT2D eigenvalue weighted by atomic mass is 9.87. The van der Waals surface area contributed by atoms with Crippen molar-refractivity contribution in [3.8, 4) is 11.3 Å². The number of aromatic nitrogens is 1. The predicted molar refractivity (Wildman–Crippen MR) is 164 cm³/mol. The summed E-state index contributed by atoms with van der Waals surface area (Å²) in [6.07, 6.45) is -0.439. The summed E-state index contributed by atoms with van der Waals surface area (Å²) in [5.74, 6) is -0.765. The number of thiazole rings is 1. The lowest BCUT2D eigenvalue weighted by Crippen LogP contribution is -2.53. The van der Waals surface area contributed by atoms with Gasteiger partial charge in [0.2, 0.25) is 5.91 Å². The number of nitrogens with one attached hydrogen (secondary N) is 1. The van der Waals surface area contributed by atoms with Crippen molar-refractivity contribution >= 4 is 34.1 Å². The number of methoxy groups -OCH3 is 2. The summed E-state index contributed by atoms with van der Waals surface area (Å²) in [5, 5.41) is 6.01. The highest BCUT2D eigenvalue weighted by atomic mass is 32.1. The van der Waals surface area contributed by atoms with Gasteiger partial charge in [0.05, 0.1) is 18.8 Å². The van der Waals surface area contributed by atoms with E-state index in [4.69, 9.17) is 19.2 Å². The number of carbonyl (C=O) groups excluding carboxylic acids is 3. The highest BCUT2D eigenvalue weighted by Gasteiger charge is 2.53. The van der Waals surface area contributed by atoms with E-state index >= 15 is 0 Å². The van der Waals surface area contributed by atoms with Gasteiger partial charge in [0.15, 0.2) is 10.9 Å². The number of carbonyl (C=O) groups is 3. The average Bonchev–Trinajstić information content (AvgIpc) is 3.72. The second-order valence-corrected chi connectivity index (χ2v) is 13.5. The van der Waals surface area contributed by atoms with Gasteiger partial charge in [-0.2, -0.15) is 0 Å². The zero-order chi connectivity index (χ0) is 30.7. The van der Waals surface area contributed by atoms with Crippen LogP contribution in [0.15, 0.2) is 29.6 Å². The average molecular weight is 614 g/mol. The molecule has 4 atom stereocenters. The molecule has 1 aromatic heterocycles. The third-order valence-electron chi connectivity index (χ3n) is 8.33. The van der Waals surface area contributed by atoms with Crippen molar-refractivity contribution in [3.63, 3.8) is 0 Å². The van der Waals surface area contributed by atoms with E-state index in [2.05, 4.69) is 15.1 Å². The highest BCUT2D eigenvalue weighted by Crippen LogP contribution is 2.32. The molecule has 0 spiro atoms. The molecule has 0 bridgehead atoms. The van der Waals surface area contributed by atoms with E-state index in [1.54, 1.807) is 37.7 Å². The van der Waals surface area contributed by atoms with Crippen molar-refractivity contribution in [1.82, 2.24) is 20.1 Å². The van der Waals surface area contributed by atoms with Gasteiger partial charge in [-0.05, 0) is 24.0 Å². The number of ketones is 1. The summed E-state index contributed by atoms with van der Waals surface area (Å²) in [6.45, 7) is 11.8. The lowest BCUT2D eigenvalue weighted by Gasteiger charge is -2.34. The van der Waals surface area contributed by atoms with Crippen LogP contribution in [0.5, 0.6) is 0 Å². The molecule has 0 radical (unpaired) electrons. The smallest absolute Gasteiger partial charge is 0.251 e. The van der Waals surface area contributed by atoms with Crippen LogP contribution in [0.3, 0.4) is 0 Å². The molecule has 43 heavy (non-hydrogen) atoms. The summed E-state index contributed by atoms with van der Waals surface area (Å²) >= 11 is 1.63. The van der Waals surface area contributed by atoms with Gasteiger partial charge in [-0.15, -0.1) is 11.3 Å². The van der Waals surface area contributed by atoms with Gasteiger partial charge in [-0.1, -0.05) is 32.9 Å². The molecule has 3 aliphatic heterocycles. The maximum Gasteiger partial charge on any atom is 0.251 e. The molecule has 5 rings (SSSR count). The van der Waals surface area contributed by atoms with Crippen LogP contribution in [0.1, 0.15) is 37.6 Å². The van der Waals surface area contributed by atoms with Crippen LogP contribution in [0, 0.1) is 5.41 Å². The zero-order valence-electron chi connectivity index (χ0n) is 25.7. The topological polar surface area (TPSA) is 114 Å². The molecule has 1 unspecified atom stereocenters. The Balaban J connectivity index is 1.24. The van der Waals surface area contributed by atoms with E-state index in [9.17, 15) is 14.4 Å². The van der Waals surface area contributed by atoms with E-state index in [1.165, 1.54) is 4.90 Å². The van der Waals surface area contributed by atoms with Crippen LogP contribution in [-0.4, -0.2) is 123 Å². The molecular weight excluding hydrogens is 570 g/mol. The summed E-state index contributed by atoms with van der Waals surface area (Å²) in [4.78, 5) is 50.9. The number of hydrogen-bond donors (Lipinski definition) is 1. The first kappa shape index (κ1) is 31.5. The van der Waals surface area contributed by atoms with Crippen LogP contribution in [-0.2, 0) is 23.8 Å². The molecule has 4 heterocycles. The van der Waals surface area contributed by atoms with Gasteiger partial charge in [0.25, 0.3) is 5.91 Å². The van der Waals surface area contributed by atoms with Crippen LogP contribution in [0.25, 0.3) is 11.3 Å². The minimum Gasteiger partial charge on any atom is -0.383 e. The summed E-state index contributed by atoms with van der Waals surface area (Å²) in [7, 11) is 3.28. The summed E-state index contributed by atoms with van der Waals surface area (Å²) < 4.78 is 16.3. The van der Waals surface area contributed by atoms with Gasteiger partial charge in [-0.25, -0.2) is 4.98 Å². The number of fused-ring (bicyclic) bond motifs is 1. The fraction of sp³-hybridized carbons (Fsp3) is 0.613. The molecule has 3 saturated heterocycles. The van der Waals surface area contributed by atoms with Crippen molar-refractivity contribution in [2.45, 2.75) is 51.5 Å². The number of hydrogen-bond acceptors (Lipinski definition) is 10. The zero-order valence-corrected chi connectivity index (χ0v) is 26.5. The van der Waals surface area contributed by atoms with Crippen molar-refractivity contribution in [3.05, 3.63) is 35.2 Å². The van der Waals surface area contributed by atoms with E-state index < -0.39 is 18.2 Å². The number of Topliss-reactive ketones (excluding diaryl/α,β-unsaturated/α-hetero) is 1. The van der Waals surface area contributed by atoms with Gasteiger partial charge < -0.3 is 29.3 Å². The molecular formula is C31H43N5O6S. The fourth-order valence-corrected chi connectivity index (χ4v) is 6.91. The number of anilines is 1. The van der Waals surface area contributed by atoms with Crippen LogP contribution in [0.4, 0.5) is 5.13 Å². The van der Waals surface area contributed by atoms with Crippen molar-refractivity contribution in [1.29, 1.82) is 0 Å². The number of rotatable bonds is 10. The molecule has 2 amide bonds. The van der Waals surface area contributed by atoms with Gasteiger partial charge in [-0.3, -0.25) is 19.3 Å². The molecule has 0 aliphatic carbocycles. The van der Waals surface area contributed by atoms with E-state index in [0.717, 1.165) is 55.7 Å². The molecule has 1 aromatic carbocycles. The molecule has 1 N–H and O–H groups in total. The maximum absolute atomic E-state index is 13.8. The first-order valence-corrected chi connectivity index (χ1v) is 15.8. The quantitative estimate of drug-likeness (QED) is 0.431. The van der Waals surface area contributed by atoms with Gasteiger partial charge in [0.1, 0.15) is 30.9 Å². The molecule has 3 aliphatic rings. The summed E-state index contributed by atoms with van der Waals surface area (Å²) in [6, 6.07) is 5.82. The molecule has 2 aromatic rings. The third-order valence-corrected chi connectivity index (χ3v) is 9.23. The Morgan fingerprint density at radius 2 is 1.86 bits per heavy atom. The Kier molecular flexibility index (Phi) is 9.82. The monoisotopic (exact) mass is 613 g/mol. The Bertz CT molecular complexity index is 1290. The SMILES string of the molecule is COCCN1CCN(c2nc(-c3ccc(C(=O)NC(CC(C)(C)C)C(=O)N4C[C@H](OC)[C@H]5OCC(=O)[C@H]54)cc3)cs2)CC1. The van der Waals surface area contributed by atoms with E-state index in [-0.39, 0.29) is 42.3 Å². The van der Waals surface area contributed by atoms with Crippen LogP contribution >= 0.6 is 11.3 Å². The van der Waals surface area contributed by atoms with Crippen molar-refractivity contribution in [2.24, 2.45) is 5.41 Å². The Morgan fingerprint density at radius 3 is 2.51 bits per heavy atom. The summed E-state index contributed by atoms with van der Waals surface area (Å²) in [5.41, 5.74) is 2.00. The first-order valence-electron chi connectivity index (χ1n) is 14.9. The highest BCUT2D eigenvalue weighted by molar-refractivity contribution is 7.14. The largest absolute Gasteiger partial charge is 0.383 e. The van der Waals surface area contributed by atoms with Crippen molar-refractivity contribution in [2.75, 3.05) is 71.6 Å². The van der Waals surface area contributed by atoms with E-state index in [1.807, 2.05) is 38.3 Å². The number of ether oxygens (including phenoxy) is 3. The second kappa shape index (κ2) is 13.4.